The summed E-state index contributed by atoms with van der Waals surface area (Å²) < 4.78 is 29.3. The smallest absolute Gasteiger partial charge is 0.322 e. The maximum Gasteiger partial charge on any atom is 0.322 e. The van der Waals surface area contributed by atoms with E-state index < -0.39 is 22.1 Å². The van der Waals surface area contributed by atoms with Crippen LogP contribution < -0.4 is 0 Å². The first-order valence-electron chi connectivity index (χ1n) is 3.83. The summed E-state index contributed by atoms with van der Waals surface area (Å²) in [5.41, 5.74) is 0. The van der Waals surface area contributed by atoms with Crippen LogP contribution in [0, 0.1) is 0 Å². The molecule has 0 aliphatic carbocycles. The Kier molecular flexibility index (Phi) is 10.9. The summed E-state index contributed by atoms with van der Waals surface area (Å²) in [4.78, 5) is 23.3. The van der Waals surface area contributed by atoms with Crippen molar-refractivity contribution in [3.8, 4) is 0 Å². The highest BCUT2D eigenvalue weighted by Crippen LogP contribution is 2.28. The molecule has 0 aliphatic rings. The molecule has 0 fully saturated rings. The summed E-state index contributed by atoms with van der Waals surface area (Å²) in [6.45, 7) is 8.68. The van der Waals surface area contributed by atoms with E-state index in [4.69, 9.17) is 14.7 Å². The lowest BCUT2D eigenvalue weighted by Crippen LogP contribution is -1.64. The Morgan fingerprint density at radius 3 is 0.667 bits per heavy atom. The maximum atomic E-state index is 10.2. The summed E-state index contributed by atoms with van der Waals surface area (Å²) in [7, 11) is -7.92. The van der Waals surface area contributed by atoms with Crippen LogP contribution in [0.25, 0.3) is 0 Å². The molecular formula is C6H21O6P3. The third-order valence-electron chi connectivity index (χ3n) is 0. The van der Waals surface area contributed by atoms with Gasteiger partial charge in [-0.05, 0) is 20.0 Å². The van der Waals surface area contributed by atoms with Gasteiger partial charge in [0.05, 0.1) is 7.14 Å². The predicted molar refractivity (Wildman–Crippen MR) is 65.0 cm³/mol. The Bertz CT molecular complexity index is 209. The lowest BCUT2D eigenvalue weighted by atomic mass is 11.9. The lowest BCUT2D eigenvalue weighted by Gasteiger charge is -1.86. The minimum atomic E-state index is -3.64. The highest BCUT2D eigenvalue weighted by molar-refractivity contribution is 7.61. The van der Waals surface area contributed by atoms with E-state index in [2.05, 4.69) is 0 Å². The molecule has 96 valence electrons. The number of rotatable bonds is 0. The van der Waals surface area contributed by atoms with Crippen LogP contribution in [0.5, 0.6) is 0 Å². The van der Waals surface area contributed by atoms with Gasteiger partial charge in [0, 0.05) is 20.0 Å². The van der Waals surface area contributed by atoms with E-state index in [1.54, 1.807) is 20.0 Å². The Hall–Kier alpha value is 0.570. The SMILES string of the molecule is CP(=O)(O)O.CP(C)(=O)O.CP(C)(C)=O. The van der Waals surface area contributed by atoms with Gasteiger partial charge in [-0.3, -0.25) is 9.13 Å². The van der Waals surface area contributed by atoms with Gasteiger partial charge in [-0.25, -0.2) is 0 Å². The third-order valence-corrected chi connectivity index (χ3v) is 0. The highest BCUT2D eigenvalue weighted by Gasteiger charge is 1.95. The molecule has 0 bridgehead atoms. The molecule has 0 spiro atoms. The summed E-state index contributed by atoms with van der Waals surface area (Å²) in [5.74, 6) is 0. The monoisotopic (exact) mass is 282 g/mol. The fourth-order valence-electron chi connectivity index (χ4n) is 0. The average molecular weight is 282 g/mol. The Balaban J connectivity index is -0.000000144. The van der Waals surface area contributed by atoms with E-state index in [1.807, 2.05) is 0 Å². The first-order valence-corrected chi connectivity index (χ1v) is 11.5. The van der Waals surface area contributed by atoms with Gasteiger partial charge in [-0.15, -0.1) is 0 Å². The quantitative estimate of drug-likeness (QED) is 0.581. The molecule has 0 heterocycles. The molecule has 0 atom stereocenters. The van der Waals surface area contributed by atoms with Crippen molar-refractivity contribution in [3.63, 3.8) is 0 Å². The first kappa shape index (κ1) is 20.9. The van der Waals surface area contributed by atoms with Crippen molar-refractivity contribution in [2.45, 2.75) is 0 Å². The van der Waals surface area contributed by atoms with E-state index in [0.29, 0.717) is 0 Å². The molecule has 0 aliphatic heterocycles. The van der Waals surface area contributed by atoms with Gasteiger partial charge in [0.25, 0.3) is 0 Å². The zero-order valence-electron chi connectivity index (χ0n) is 9.91. The topological polar surface area (TPSA) is 112 Å². The van der Waals surface area contributed by atoms with Crippen molar-refractivity contribution in [1.82, 2.24) is 0 Å². The van der Waals surface area contributed by atoms with Crippen molar-refractivity contribution < 1.29 is 28.4 Å². The molecule has 15 heavy (non-hydrogen) atoms. The molecule has 0 radical (unpaired) electrons. The fraction of sp³-hybridized carbons (Fsp3) is 1.00. The second kappa shape index (κ2) is 7.78. The van der Waals surface area contributed by atoms with Crippen molar-refractivity contribution in [3.05, 3.63) is 0 Å². The van der Waals surface area contributed by atoms with Crippen LogP contribution in [0.1, 0.15) is 0 Å². The lowest BCUT2D eigenvalue weighted by molar-refractivity contribution is 0.381. The molecular weight excluding hydrogens is 261 g/mol. The molecule has 0 saturated carbocycles. The van der Waals surface area contributed by atoms with Crippen molar-refractivity contribution >= 4 is 22.1 Å². The summed E-state index contributed by atoms with van der Waals surface area (Å²) in [6, 6.07) is 0. The van der Waals surface area contributed by atoms with Gasteiger partial charge in [0.2, 0.25) is 0 Å². The van der Waals surface area contributed by atoms with E-state index in [1.165, 1.54) is 13.3 Å². The molecule has 0 rings (SSSR count). The van der Waals surface area contributed by atoms with Gasteiger partial charge < -0.3 is 19.2 Å². The minimum absolute atomic E-state index is 0.854. The Morgan fingerprint density at radius 1 is 0.667 bits per heavy atom. The molecule has 0 aromatic carbocycles. The van der Waals surface area contributed by atoms with Crippen molar-refractivity contribution in [1.29, 1.82) is 0 Å². The second-order valence-electron chi connectivity index (χ2n) is 4.02. The van der Waals surface area contributed by atoms with Crippen LogP contribution in [0.15, 0.2) is 0 Å². The Labute approximate surface area is 91.1 Å². The number of hydrogen-bond donors (Lipinski definition) is 3. The summed E-state index contributed by atoms with van der Waals surface area (Å²) in [5, 5.41) is 0. The molecule has 0 amide bonds. The van der Waals surface area contributed by atoms with Gasteiger partial charge >= 0.3 is 7.60 Å². The van der Waals surface area contributed by atoms with E-state index in [9.17, 15) is 13.7 Å². The van der Waals surface area contributed by atoms with Crippen molar-refractivity contribution in [2.75, 3.05) is 40.0 Å². The molecule has 6 nitrogen and oxygen atoms in total. The molecule has 3 N–H and O–H groups in total. The van der Waals surface area contributed by atoms with Gasteiger partial charge in [0.15, 0.2) is 7.37 Å². The van der Waals surface area contributed by atoms with Crippen LogP contribution in [0.3, 0.4) is 0 Å². The molecule has 0 unspecified atom stereocenters. The minimum Gasteiger partial charge on any atom is -0.345 e. The van der Waals surface area contributed by atoms with Crippen LogP contribution in [-0.4, -0.2) is 54.7 Å². The summed E-state index contributed by atoms with van der Waals surface area (Å²) in [6.07, 6.45) is 0. The van der Waals surface area contributed by atoms with E-state index in [0.717, 1.165) is 6.66 Å². The van der Waals surface area contributed by atoms with Crippen molar-refractivity contribution in [2.24, 2.45) is 0 Å². The first-order chi connectivity index (χ1) is 6.00. The van der Waals surface area contributed by atoms with Gasteiger partial charge in [-0.1, -0.05) is 0 Å². The molecule has 9 heteroatoms. The van der Waals surface area contributed by atoms with E-state index >= 15 is 0 Å². The van der Waals surface area contributed by atoms with Gasteiger partial charge in [0.1, 0.15) is 0 Å². The maximum absolute atomic E-state index is 10.2. The summed E-state index contributed by atoms with van der Waals surface area (Å²) >= 11 is 0. The highest BCUT2D eigenvalue weighted by atomic mass is 31.2. The zero-order chi connectivity index (χ0) is 13.5. The third kappa shape index (κ3) is 7090. The van der Waals surface area contributed by atoms with Crippen LogP contribution >= 0.6 is 22.1 Å². The van der Waals surface area contributed by atoms with Crippen LogP contribution in [-0.2, 0) is 13.7 Å². The fourth-order valence-corrected chi connectivity index (χ4v) is 0. The van der Waals surface area contributed by atoms with Crippen LogP contribution in [0.2, 0.25) is 0 Å². The largest absolute Gasteiger partial charge is 0.345 e. The molecule has 0 aromatic rings. The molecule has 0 aromatic heterocycles. The second-order valence-corrected chi connectivity index (χ2v) is 12.1. The zero-order valence-corrected chi connectivity index (χ0v) is 12.6. The number of hydrogen-bond acceptors (Lipinski definition) is 3. The van der Waals surface area contributed by atoms with Crippen LogP contribution in [0.4, 0.5) is 0 Å². The average Bonchev–Trinajstić information content (AvgIpc) is 1.41. The normalized spacial score (nSPS) is 11.8. The standard InChI is InChI=1S/C3H9OP.C2H7O2P.CH5O3P/c3*1-5(2,3)4/h1-3H3;1-2H3,(H,3,4);1H3,(H2,2,3,4). The predicted octanol–water partition coefficient (Wildman–Crippen LogP) is 1.55. The van der Waals surface area contributed by atoms with Gasteiger partial charge in [-0.2, -0.15) is 0 Å². The molecule has 0 saturated heterocycles. The Morgan fingerprint density at radius 2 is 0.667 bits per heavy atom. The van der Waals surface area contributed by atoms with E-state index in [-0.39, 0.29) is 0 Å².